The molecule has 0 bridgehead atoms. The number of hydrogen-bond donors (Lipinski definition) is 1. The normalized spacial score (nSPS) is 11.9. The molecule has 108 valence electrons. The van der Waals surface area contributed by atoms with Crippen LogP contribution in [0.5, 0.6) is 5.75 Å². The number of benzene rings is 1. The molecule has 0 saturated heterocycles. The van der Waals surface area contributed by atoms with Crippen LogP contribution in [-0.2, 0) is 7.05 Å². The number of ether oxygens (including phenoxy) is 1. The topological polar surface area (TPSA) is 42.8 Å². The lowest BCUT2D eigenvalue weighted by Crippen LogP contribution is -2.33. The van der Waals surface area contributed by atoms with E-state index in [1.165, 1.54) is 16.7 Å². The van der Waals surface area contributed by atoms with Crippen molar-refractivity contribution in [2.75, 3.05) is 0 Å². The Morgan fingerprint density at radius 1 is 1.40 bits per heavy atom. The fourth-order valence-electron chi connectivity index (χ4n) is 1.51. The number of aromatic nitrogens is 3. The van der Waals surface area contributed by atoms with E-state index in [4.69, 9.17) is 12.2 Å². The van der Waals surface area contributed by atoms with Crippen LogP contribution < -0.4 is 4.74 Å². The van der Waals surface area contributed by atoms with Gasteiger partial charge in [0.25, 0.3) is 0 Å². The molecule has 0 atom stereocenters. The van der Waals surface area contributed by atoms with Crippen molar-refractivity contribution in [2.24, 2.45) is 7.05 Å². The third kappa shape index (κ3) is 2.82. The number of H-pyrrole nitrogens is 1. The van der Waals surface area contributed by atoms with Crippen LogP contribution in [0.2, 0.25) is 0 Å². The van der Waals surface area contributed by atoms with Gasteiger partial charge in [-0.25, -0.2) is 0 Å². The molecule has 0 aliphatic rings. The predicted molar refractivity (Wildman–Crippen MR) is 65.4 cm³/mol. The Hall–Kier alpha value is -1.90. The number of nitrogens with zero attached hydrogens (tertiary/aromatic N) is 2. The van der Waals surface area contributed by atoms with Gasteiger partial charge in [0.05, 0.1) is 0 Å². The first-order chi connectivity index (χ1) is 9.31. The first-order valence-electron chi connectivity index (χ1n) is 5.38. The Morgan fingerprint density at radius 2 is 2.10 bits per heavy atom. The Balaban J connectivity index is 2.34. The van der Waals surface area contributed by atoms with E-state index in [-0.39, 0.29) is 5.75 Å². The molecule has 0 saturated carbocycles. The predicted octanol–water partition coefficient (Wildman–Crippen LogP) is 3.38. The minimum absolute atomic E-state index is 0.337. The van der Waals surface area contributed by atoms with Crippen LogP contribution in [0.15, 0.2) is 24.3 Å². The summed E-state index contributed by atoms with van der Waals surface area (Å²) in [5, 5.41) is 6.44. The van der Waals surface area contributed by atoms with Crippen molar-refractivity contribution in [3.05, 3.63) is 29.0 Å². The molecule has 0 unspecified atom stereocenters. The zero-order valence-electron chi connectivity index (χ0n) is 10.1. The summed E-state index contributed by atoms with van der Waals surface area (Å²) >= 11 is 4.92. The Kier molecular flexibility index (Phi) is 3.80. The van der Waals surface area contributed by atoms with Crippen LogP contribution in [0.25, 0.3) is 11.4 Å². The third-order valence-electron chi connectivity index (χ3n) is 2.48. The molecule has 20 heavy (non-hydrogen) atoms. The highest BCUT2D eigenvalue weighted by Gasteiger charge is 2.44. The van der Waals surface area contributed by atoms with Crippen molar-refractivity contribution in [3.8, 4) is 17.1 Å². The summed E-state index contributed by atoms with van der Waals surface area (Å²) in [6, 6.07) is 5.30. The number of rotatable bonds is 4. The van der Waals surface area contributed by atoms with Gasteiger partial charge in [0.1, 0.15) is 5.75 Å². The van der Waals surface area contributed by atoms with E-state index in [1.807, 2.05) is 0 Å². The molecule has 0 aliphatic carbocycles. The molecule has 4 nitrogen and oxygen atoms in total. The summed E-state index contributed by atoms with van der Waals surface area (Å²) in [7, 11) is 1.63. The maximum Gasteiger partial charge on any atom is 0.461 e. The van der Waals surface area contributed by atoms with Crippen LogP contribution in [0, 0.1) is 4.77 Å². The summed E-state index contributed by atoms with van der Waals surface area (Å²) in [6.07, 6.45) is -8.46. The average molecular weight is 307 g/mol. The van der Waals surface area contributed by atoms with Crippen molar-refractivity contribution in [3.63, 3.8) is 0 Å². The van der Waals surface area contributed by atoms with Gasteiger partial charge >= 0.3 is 12.5 Å². The minimum Gasteiger partial charge on any atom is -0.428 e. The van der Waals surface area contributed by atoms with Gasteiger partial charge in [0, 0.05) is 12.6 Å². The number of hydrogen-bond acceptors (Lipinski definition) is 3. The molecule has 1 heterocycles. The zero-order chi connectivity index (χ0) is 14.9. The van der Waals surface area contributed by atoms with Crippen molar-refractivity contribution in [2.45, 2.75) is 12.5 Å². The van der Waals surface area contributed by atoms with Gasteiger partial charge in [0.15, 0.2) is 10.6 Å². The molecule has 9 heteroatoms. The molecule has 1 N–H and O–H groups in total. The molecule has 0 radical (unpaired) electrons. The van der Waals surface area contributed by atoms with Crippen LogP contribution in [0.3, 0.4) is 0 Å². The average Bonchev–Trinajstić information content (AvgIpc) is 2.69. The van der Waals surface area contributed by atoms with E-state index in [1.54, 1.807) is 13.1 Å². The van der Waals surface area contributed by atoms with Crippen LogP contribution >= 0.6 is 12.2 Å². The summed E-state index contributed by atoms with van der Waals surface area (Å²) < 4.78 is 55.7. The van der Waals surface area contributed by atoms with Gasteiger partial charge in [-0.2, -0.15) is 22.7 Å². The molecule has 0 fully saturated rings. The summed E-state index contributed by atoms with van der Waals surface area (Å²) in [6.45, 7) is 0. The lowest BCUT2D eigenvalue weighted by molar-refractivity contribution is -0.253. The van der Waals surface area contributed by atoms with Crippen molar-refractivity contribution < 1.29 is 22.3 Å². The van der Waals surface area contributed by atoms with Gasteiger partial charge < -0.3 is 9.30 Å². The smallest absolute Gasteiger partial charge is 0.428 e. The molecule has 2 rings (SSSR count). The SMILES string of the molecule is Cn1c(-c2cccc(OC(F)(F)C(F)F)c2)n[nH]c1=S. The second-order valence-corrected chi connectivity index (χ2v) is 4.29. The lowest BCUT2D eigenvalue weighted by atomic mass is 10.2. The van der Waals surface area contributed by atoms with E-state index in [0.29, 0.717) is 16.2 Å². The Labute approximate surface area is 116 Å². The van der Waals surface area contributed by atoms with E-state index < -0.39 is 12.5 Å². The molecular weight excluding hydrogens is 298 g/mol. The highest BCUT2D eigenvalue weighted by Crippen LogP contribution is 2.29. The molecule has 1 aromatic carbocycles. The van der Waals surface area contributed by atoms with Crippen LogP contribution in [-0.4, -0.2) is 27.3 Å². The van der Waals surface area contributed by atoms with E-state index in [0.717, 1.165) is 6.07 Å². The highest BCUT2D eigenvalue weighted by atomic mass is 32.1. The lowest BCUT2D eigenvalue weighted by Gasteiger charge is -2.17. The minimum atomic E-state index is -4.55. The molecule has 0 spiro atoms. The highest BCUT2D eigenvalue weighted by molar-refractivity contribution is 7.71. The Bertz CT molecular complexity index is 668. The summed E-state index contributed by atoms with van der Waals surface area (Å²) in [4.78, 5) is 0. The number of nitrogens with one attached hydrogen (secondary N) is 1. The van der Waals surface area contributed by atoms with Gasteiger partial charge in [-0.1, -0.05) is 12.1 Å². The quantitative estimate of drug-likeness (QED) is 0.695. The van der Waals surface area contributed by atoms with Gasteiger partial charge in [-0.05, 0) is 24.4 Å². The van der Waals surface area contributed by atoms with Gasteiger partial charge in [-0.15, -0.1) is 0 Å². The van der Waals surface area contributed by atoms with Crippen molar-refractivity contribution in [1.82, 2.24) is 14.8 Å². The first kappa shape index (κ1) is 14.5. The van der Waals surface area contributed by atoms with Gasteiger partial charge in [-0.3, -0.25) is 5.10 Å². The second-order valence-electron chi connectivity index (χ2n) is 3.90. The maximum absolute atomic E-state index is 12.8. The van der Waals surface area contributed by atoms with E-state index in [2.05, 4.69) is 14.9 Å². The van der Waals surface area contributed by atoms with Gasteiger partial charge in [0.2, 0.25) is 0 Å². The summed E-state index contributed by atoms with van der Waals surface area (Å²) in [5.41, 5.74) is 0.405. The zero-order valence-corrected chi connectivity index (χ0v) is 10.9. The molecule has 1 aromatic heterocycles. The van der Waals surface area contributed by atoms with Crippen molar-refractivity contribution in [1.29, 1.82) is 0 Å². The third-order valence-corrected chi connectivity index (χ3v) is 2.85. The molecule has 2 aromatic rings. The first-order valence-corrected chi connectivity index (χ1v) is 5.79. The number of halogens is 4. The molecule has 0 amide bonds. The molecular formula is C11H9F4N3OS. The summed E-state index contributed by atoms with van der Waals surface area (Å²) in [5.74, 6) is -0.0115. The fraction of sp³-hybridized carbons (Fsp3) is 0.273. The van der Waals surface area contributed by atoms with Crippen LogP contribution in [0.1, 0.15) is 0 Å². The largest absolute Gasteiger partial charge is 0.461 e. The van der Waals surface area contributed by atoms with E-state index >= 15 is 0 Å². The Morgan fingerprint density at radius 3 is 2.65 bits per heavy atom. The standard InChI is InChI=1S/C11H9F4N3OS/c1-18-8(16-17-10(18)20)6-3-2-4-7(5-6)19-11(14,15)9(12)13/h2-5,9H,1H3,(H,17,20). The monoisotopic (exact) mass is 307 g/mol. The maximum atomic E-state index is 12.8. The fourth-order valence-corrected chi connectivity index (χ4v) is 1.64. The van der Waals surface area contributed by atoms with Crippen molar-refractivity contribution >= 4 is 12.2 Å². The number of aromatic amines is 1. The molecule has 0 aliphatic heterocycles. The second kappa shape index (κ2) is 5.23. The van der Waals surface area contributed by atoms with Crippen LogP contribution in [0.4, 0.5) is 17.6 Å². The van der Waals surface area contributed by atoms with E-state index in [9.17, 15) is 17.6 Å². The number of alkyl halides is 4.